The summed E-state index contributed by atoms with van der Waals surface area (Å²) in [4.78, 5) is 4.61. The predicted molar refractivity (Wildman–Crippen MR) is 135 cm³/mol. The van der Waals surface area contributed by atoms with Crippen LogP contribution in [0, 0.1) is 23.2 Å². The number of nitrogens with zero attached hydrogens (tertiary/aromatic N) is 3. The first-order chi connectivity index (χ1) is 16.7. The largest absolute Gasteiger partial charge is 0.493 e. The Morgan fingerprint density at radius 1 is 1.18 bits per heavy atom. The van der Waals surface area contributed by atoms with Crippen LogP contribution in [-0.4, -0.2) is 36.3 Å². The van der Waals surface area contributed by atoms with Gasteiger partial charge in [-0.1, -0.05) is 12.1 Å². The summed E-state index contributed by atoms with van der Waals surface area (Å²) >= 11 is 1.62. The molecule has 1 aliphatic carbocycles. The van der Waals surface area contributed by atoms with E-state index in [9.17, 15) is 0 Å². The highest BCUT2D eigenvalue weighted by atomic mass is 32.1. The zero-order chi connectivity index (χ0) is 23.3. The number of hydrogen-bond donors (Lipinski definition) is 1. The molecule has 0 unspecified atom stereocenters. The Morgan fingerprint density at radius 2 is 2.03 bits per heavy atom. The van der Waals surface area contributed by atoms with Crippen LogP contribution < -0.4 is 10.1 Å². The van der Waals surface area contributed by atoms with Gasteiger partial charge in [0, 0.05) is 23.4 Å². The number of rotatable bonds is 11. The van der Waals surface area contributed by atoms with E-state index in [2.05, 4.69) is 46.6 Å². The second-order valence-electron chi connectivity index (χ2n) is 9.72. The van der Waals surface area contributed by atoms with Crippen LogP contribution in [0.4, 0.5) is 0 Å². The molecule has 0 radical (unpaired) electrons. The standard InChI is InChI=1S/C27H34N4O2S/c1-2-29-16-24-26(32-18-20-3-4-20)10-8-23-25(30-33-27(23)24)9-5-19-11-13-31(14-12-19)17-22-7-6-21(15-28)34-22/h6-8,10,19-20,29H,2-5,9,11-14,16-18H2,1H3. The zero-order valence-electron chi connectivity index (χ0n) is 20.0. The Morgan fingerprint density at radius 3 is 2.76 bits per heavy atom. The number of ether oxygens (including phenoxy) is 1. The van der Waals surface area contributed by atoms with Crippen molar-refractivity contribution in [1.29, 1.82) is 5.26 Å². The number of hydrogen-bond acceptors (Lipinski definition) is 7. The van der Waals surface area contributed by atoms with E-state index < -0.39 is 0 Å². The van der Waals surface area contributed by atoms with Gasteiger partial charge in [0.2, 0.25) is 0 Å². The molecule has 2 aromatic heterocycles. The monoisotopic (exact) mass is 478 g/mol. The normalized spacial score (nSPS) is 17.3. The van der Waals surface area contributed by atoms with Crippen molar-refractivity contribution in [3.8, 4) is 11.8 Å². The van der Waals surface area contributed by atoms with Crippen LogP contribution in [0.3, 0.4) is 0 Å². The lowest BCUT2D eigenvalue weighted by atomic mass is 9.91. The van der Waals surface area contributed by atoms with Gasteiger partial charge in [-0.2, -0.15) is 5.26 Å². The second-order valence-corrected chi connectivity index (χ2v) is 10.9. The Hall–Kier alpha value is -2.40. The van der Waals surface area contributed by atoms with E-state index in [1.807, 2.05) is 6.07 Å². The molecule has 0 amide bonds. The molecule has 34 heavy (non-hydrogen) atoms. The van der Waals surface area contributed by atoms with E-state index >= 15 is 0 Å². The molecule has 0 spiro atoms. The molecule has 2 fully saturated rings. The van der Waals surface area contributed by atoms with Crippen LogP contribution in [0.15, 0.2) is 28.8 Å². The summed E-state index contributed by atoms with van der Waals surface area (Å²) in [6.45, 7) is 7.78. The third-order valence-corrected chi connectivity index (χ3v) is 8.12. The fraction of sp³-hybridized carbons (Fsp3) is 0.556. The van der Waals surface area contributed by atoms with Crippen molar-refractivity contribution in [2.75, 3.05) is 26.2 Å². The molecule has 0 bridgehead atoms. The molecule has 3 aromatic rings. The van der Waals surface area contributed by atoms with Gasteiger partial charge in [-0.3, -0.25) is 4.90 Å². The number of nitriles is 1. The third-order valence-electron chi connectivity index (χ3n) is 7.15. The van der Waals surface area contributed by atoms with E-state index in [1.54, 1.807) is 11.3 Å². The quantitative estimate of drug-likeness (QED) is 0.392. The van der Waals surface area contributed by atoms with E-state index in [-0.39, 0.29) is 0 Å². The van der Waals surface area contributed by atoms with E-state index in [1.165, 1.54) is 30.6 Å². The number of nitrogens with one attached hydrogen (secondary N) is 1. The van der Waals surface area contributed by atoms with Gasteiger partial charge in [0.15, 0.2) is 5.58 Å². The topological polar surface area (TPSA) is 74.3 Å². The minimum Gasteiger partial charge on any atom is -0.493 e. The van der Waals surface area contributed by atoms with Crippen LogP contribution in [0.1, 0.15) is 60.0 Å². The molecule has 180 valence electrons. The SMILES string of the molecule is CCNCc1c(OCC2CC2)ccc2c(CCC3CCN(Cc4ccc(C#N)s4)CC3)noc12. The molecular weight excluding hydrogens is 444 g/mol. The van der Waals surface area contributed by atoms with Gasteiger partial charge in [-0.15, -0.1) is 11.3 Å². The summed E-state index contributed by atoms with van der Waals surface area (Å²) in [5, 5.41) is 18.1. The minimum atomic E-state index is 0.722. The number of benzene rings is 1. The first kappa shape index (κ1) is 23.3. The molecule has 1 N–H and O–H groups in total. The van der Waals surface area contributed by atoms with Crippen LogP contribution >= 0.6 is 11.3 Å². The average Bonchev–Trinajstić information content (AvgIpc) is 3.43. The molecule has 6 nitrogen and oxygen atoms in total. The van der Waals surface area contributed by atoms with Gasteiger partial charge >= 0.3 is 0 Å². The Labute approximate surface area is 205 Å². The minimum absolute atomic E-state index is 0.722. The Kier molecular flexibility index (Phi) is 7.48. The number of fused-ring (bicyclic) bond motifs is 1. The number of piperidine rings is 1. The average molecular weight is 479 g/mol. The molecule has 1 saturated carbocycles. The van der Waals surface area contributed by atoms with E-state index in [0.717, 1.165) is 96.9 Å². The van der Waals surface area contributed by atoms with Gasteiger partial charge in [0.05, 0.1) is 17.9 Å². The van der Waals surface area contributed by atoms with Crippen molar-refractivity contribution in [3.05, 3.63) is 45.3 Å². The Bertz CT molecular complexity index is 1140. The summed E-state index contributed by atoms with van der Waals surface area (Å²) in [7, 11) is 0. The first-order valence-electron chi connectivity index (χ1n) is 12.7. The van der Waals surface area contributed by atoms with Crippen molar-refractivity contribution in [2.24, 2.45) is 11.8 Å². The fourth-order valence-electron chi connectivity index (χ4n) is 4.83. The summed E-state index contributed by atoms with van der Waals surface area (Å²) in [6, 6.07) is 10.5. The summed E-state index contributed by atoms with van der Waals surface area (Å²) in [5.41, 5.74) is 3.05. The van der Waals surface area contributed by atoms with Crippen molar-refractivity contribution in [3.63, 3.8) is 0 Å². The smallest absolute Gasteiger partial charge is 0.175 e. The maximum atomic E-state index is 9.03. The van der Waals surface area contributed by atoms with Gasteiger partial charge in [0.1, 0.15) is 16.7 Å². The van der Waals surface area contributed by atoms with Gasteiger partial charge < -0.3 is 14.6 Å². The lowest BCUT2D eigenvalue weighted by Crippen LogP contribution is -2.33. The lowest BCUT2D eigenvalue weighted by molar-refractivity contribution is 0.173. The maximum Gasteiger partial charge on any atom is 0.175 e. The van der Waals surface area contributed by atoms with Gasteiger partial charge in [-0.25, -0.2) is 0 Å². The van der Waals surface area contributed by atoms with Crippen molar-refractivity contribution in [1.82, 2.24) is 15.4 Å². The third kappa shape index (κ3) is 5.63. The number of likely N-dealkylation sites (tertiary alicyclic amines) is 1. The Balaban J connectivity index is 1.17. The van der Waals surface area contributed by atoms with Crippen molar-refractivity contribution in [2.45, 2.75) is 58.5 Å². The highest BCUT2D eigenvalue weighted by Gasteiger charge is 2.24. The van der Waals surface area contributed by atoms with Crippen LogP contribution in [-0.2, 0) is 19.5 Å². The molecule has 2 aliphatic rings. The molecule has 1 aromatic carbocycles. The van der Waals surface area contributed by atoms with E-state index in [0.29, 0.717) is 0 Å². The number of aromatic nitrogens is 1. The molecule has 1 saturated heterocycles. The number of thiophene rings is 1. The van der Waals surface area contributed by atoms with Crippen molar-refractivity contribution < 1.29 is 9.26 Å². The molecule has 7 heteroatoms. The first-order valence-corrected chi connectivity index (χ1v) is 13.5. The van der Waals surface area contributed by atoms with Gasteiger partial charge in [0.25, 0.3) is 0 Å². The highest BCUT2D eigenvalue weighted by Crippen LogP contribution is 2.34. The second kappa shape index (κ2) is 10.9. The summed E-state index contributed by atoms with van der Waals surface area (Å²) < 4.78 is 12.0. The molecule has 0 atom stereocenters. The molecular formula is C27H34N4O2S. The molecule has 1 aliphatic heterocycles. The van der Waals surface area contributed by atoms with Crippen molar-refractivity contribution >= 4 is 22.3 Å². The number of aryl methyl sites for hydroxylation is 1. The van der Waals surface area contributed by atoms with Crippen LogP contribution in [0.2, 0.25) is 0 Å². The predicted octanol–water partition coefficient (Wildman–Crippen LogP) is 5.50. The fourth-order valence-corrected chi connectivity index (χ4v) is 5.68. The summed E-state index contributed by atoms with van der Waals surface area (Å²) in [5.74, 6) is 2.38. The van der Waals surface area contributed by atoms with Crippen LogP contribution in [0.25, 0.3) is 11.0 Å². The molecule has 5 rings (SSSR count). The van der Waals surface area contributed by atoms with E-state index in [4.69, 9.17) is 14.5 Å². The summed E-state index contributed by atoms with van der Waals surface area (Å²) in [6.07, 6.45) is 7.11. The van der Waals surface area contributed by atoms with Crippen LogP contribution in [0.5, 0.6) is 5.75 Å². The lowest BCUT2D eigenvalue weighted by Gasteiger charge is -2.31. The maximum absolute atomic E-state index is 9.03. The molecule has 3 heterocycles. The highest BCUT2D eigenvalue weighted by molar-refractivity contribution is 7.12. The zero-order valence-corrected chi connectivity index (χ0v) is 20.8. The van der Waals surface area contributed by atoms with Gasteiger partial charge in [-0.05, 0) is 94.3 Å².